The molecule has 1 aliphatic rings. The fraction of sp³-hybridized carbons (Fsp3) is 0.385. The van der Waals surface area contributed by atoms with E-state index in [-0.39, 0.29) is 0 Å². The van der Waals surface area contributed by atoms with Crippen molar-refractivity contribution in [2.45, 2.75) is 18.8 Å². The number of hydrogen-bond donors (Lipinski definition) is 0. The van der Waals surface area contributed by atoms with Crippen molar-refractivity contribution in [1.82, 2.24) is 15.5 Å². The SMILES string of the molecule is c1ccc(-c2nc(C3CC[N]CC3)no2)cc1. The van der Waals surface area contributed by atoms with Gasteiger partial charge in [-0.05, 0) is 25.0 Å². The lowest BCUT2D eigenvalue weighted by molar-refractivity contribution is 0.390. The third kappa shape index (κ3) is 2.22. The summed E-state index contributed by atoms with van der Waals surface area (Å²) in [5.41, 5.74) is 0.978. The molecule has 2 aromatic rings. The summed E-state index contributed by atoms with van der Waals surface area (Å²) in [6.45, 7) is 1.83. The lowest BCUT2D eigenvalue weighted by Gasteiger charge is -2.17. The normalized spacial score (nSPS) is 17.2. The van der Waals surface area contributed by atoms with Crippen molar-refractivity contribution in [2.24, 2.45) is 0 Å². The van der Waals surface area contributed by atoms with Gasteiger partial charge in [0.05, 0.1) is 0 Å². The molecule has 1 fully saturated rings. The van der Waals surface area contributed by atoms with Crippen molar-refractivity contribution in [3.8, 4) is 11.5 Å². The number of piperidine rings is 1. The maximum Gasteiger partial charge on any atom is 0.257 e. The van der Waals surface area contributed by atoms with Crippen LogP contribution in [0, 0.1) is 0 Å². The molecule has 0 spiro atoms. The number of hydrogen-bond acceptors (Lipinski definition) is 3. The first-order valence-electron chi connectivity index (χ1n) is 5.96. The third-order valence-corrected chi connectivity index (χ3v) is 3.10. The first-order chi connectivity index (χ1) is 8.43. The lowest BCUT2D eigenvalue weighted by Crippen LogP contribution is -2.21. The molecule has 1 aromatic heterocycles. The second-order valence-electron chi connectivity index (χ2n) is 4.27. The molecule has 1 radical (unpaired) electrons. The molecule has 4 nitrogen and oxygen atoms in total. The number of aromatic nitrogens is 2. The van der Waals surface area contributed by atoms with Gasteiger partial charge in [-0.3, -0.25) is 0 Å². The van der Waals surface area contributed by atoms with Crippen LogP contribution in [0.4, 0.5) is 0 Å². The van der Waals surface area contributed by atoms with Gasteiger partial charge in [0.25, 0.3) is 5.89 Å². The Kier molecular flexibility index (Phi) is 2.88. The number of rotatable bonds is 2. The van der Waals surface area contributed by atoms with Crippen molar-refractivity contribution >= 4 is 0 Å². The van der Waals surface area contributed by atoms with Crippen LogP contribution in [0.25, 0.3) is 11.5 Å². The van der Waals surface area contributed by atoms with Crippen molar-refractivity contribution < 1.29 is 4.52 Å². The Bertz CT molecular complexity index is 474. The van der Waals surface area contributed by atoms with Gasteiger partial charge in [-0.25, -0.2) is 5.32 Å². The highest BCUT2D eigenvalue weighted by atomic mass is 16.5. The van der Waals surface area contributed by atoms with Crippen LogP contribution in [0.1, 0.15) is 24.6 Å². The minimum Gasteiger partial charge on any atom is -0.334 e. The van der Waals surface area contributed by atoms with E-state index >= 15 is 0 Å². The van der Waals surface area contributed by atoms with E-state index in [2.05, 4.69) is 15.5 Å². The van der Waals surface area contributed by atoms with E-state index in [1.807, 2.05) is 30.3 Å². The zero-order valence-electron chi connectivity index (χ0n) is 9.54. The van der Waals surface area contributed by atoms with Gasteiger partial charge in [0.15, 0.2) is 5.82 Å². The van der Waals surface area contributed by atoms with E-state index < -0.39 is 0 Å². The van der Waals surface area contributed by atoms with Crippen molar-refractivity contribution in [3.05, 3.63) is 36.2 Å². The van der Waals surface area contributed by atoms with Crippen LogP contribution in [0.3, 0.4) is 0 Å². The van der Waals surface area contributed by atoms with Crippen molar-refractivity contribution in [2.75, 3.05) is 13.1 Å². The highest BCUT2D eigenvalue weighted by Crippen LogP contribution is 2.25. The monoisotopic (exact) mass is 228 g/mol. The number of nitrogens with zero attached hydrogens (tertiary/aromatic N) is 3. The van der Waals surface area contributed by atoms with Crippen LogP contribution >= 0.6 is 0 Å². The molecule has 0 N–H and O–H groups in total. The standard InChI is InChI=1S/C13H14N3O/c1-2-4-11(5-3-1)13-15-12(16-17-13)10-6-8-14-9-7-10/h1-5,10H,6-9H2. The van der Waals surface area contributed by atoms with E-state index in [1.165, 1.54) is 0 Å². The molecule has 0 saturated carbocycles. The summed E-state index contributed by atoms with van der Waals surface area (Å²) in [6.07, 6.45) is 2.07. The van der Waals surface area contributed by atoms with E-state index in [0.717, 1.165) is 37.3 Å². The zero-order valence-corrected chi connectivity index (χ0v) is 9.54. The maximum absolute atomic E-state index is 5.31. The summed E-state index contributed by atoms with van der Waals surface area (Å²) in [5, 5.41) is 8.42. The summed E-state index contributed by atoms with van der Waals surface area (Å²) in [7, 11) is 0. The summed E-state index contributed by atoms with van der Waals surface area (Å²) >= 11 is 0. The van der Waals surface area contributed by atoms with E-state index in [1.54, 1.807) is 0 Å². The highest BCUT2D eigenvalue weighted by Gasteiger charge is 2.21. The molecule has 3 rings (SSSR count). The molecule has 0 bridgehead atoms. The fourth-order valence-corrected chi connectivity index (χ4v) is 2.11. The van der Waals surface area contributed by atoms with Gasteiger partial charge < -0.3 is 4.52 Å². The van der Waals surface area contributed by atoms with Gasteiger partial charge in [0, 0.05) is 24.6 Å². The molecule has 0 aliphatic carbocycles. The van der Waals surface area contributed by atoms with Gasteiger partial charge in [0.1, 0.15) is 0 Å². The van der Waals surface area contributed by atoms with Crippen molar-refractivity contribution in [3.63, 3.8) is 0 Å². The van der Waals surface area contributed by atoms with Gasteiger partial charge in [-0.15, -0.1) is 0 Å². The molecule has 0 amide bonds. The third-order valence-electron chi connectivity index (χ3n) is 3.10. The minimum absolute atomic E-state index is 0.411. The van der Waals surface area contributed by atoms with Crippen LogP contribution < -0.4 is 5.32 Å². The van der Waals surface area contributed by atoms with E-state index in [9.17, 15) is 0 Å². The molecule has 0 unspecified atom stereocenters. The Labute approximate surface area is 100 Å². The molecule has 2 heterocycles. The lowest BCUT2D eigenvalue weighted by atomic mass is 9.98. The van der Waals surface area contributed by atoms with Crippen LogP contribution in [0.2, 0.25) is 0 Å². The summed E-state index contributed by atoms with van der Waals surface area (Å²) < 4.78 is 5.31. The Balaban J connectivity index is 1.83. The first kappa shape index (κ1) is 10.5. The van der Waals surface area contributed by atoms with Gasteiger partial charge in [-0.2, -0.15) is 4.98 Å². The molecule has 1 aliphatic heterocycles. The fourth-order valence-electron chi connectivity index (χ4n) is 2.11. The summed E-state index contributed by atoms with van der Waals surface area (Å²) in [5.74, 6) is 1.86. The Morgan fingerprint density at radius 2 is 1.82 bits per heavy atom. The molecule has 87 valence electrons. The second kappa shape index (κ2) is 4.67. The van der Waals surface area contributed by atoms with Crippen LogP contribution in [-0.2, 0) is 0 Å². The predicted octanol–water partition coefficient (Wildman–Crippen LogP) is 2.22. The van der Waals surface area contributed by atoms with Gasteiger partial charge in [-0.1, -0.05) is 23.4 Å². The summed E-state index contributed by atoms with van der Waals surface area (Å²) in [6, 6.07) is 9.88. The van der Waals surface area contributed by atoms with Crippen LogP contribution in [0.15, 0.2) is 34.9 Å². The molecular weight excluding hydrogens is 214 g/mol. The number of benzene rings is 1. The van der Waals surface area contributed by atoms with Crippen LogP contribution in [0.5, 0.6) is 0 Å². The highest BCUT2D eigenvalue weighted by molar-refractivity contribution is 5.52. The molecule has 4 heteroatoms. The minimum atomic E-state index is 0.411. The Morgan fingerprint density at radius 3 is 2.59 bits per heavy atom. The average molecular weight is 228 g/mol. The largest absolute Gasteiger partial charge is 0.334 e. The van der Waals surface area contributed by atoms with Crippen LogP contribution in [-0.4, -0.2) is 23.2 Å². The molecule has 0 atom stereocenters. The molecular formula is C13H14N3O. The second-order valence-corrected chi connectivity index (χ2v) is 4.27. The van der Waals surface area contributed by atoms with E-state index in [4.69, 9.17) is 4.52 Å². The quantitative estimate of drug-likeness (QED) is 0.792. The Morgan fingerprint density at radius 1 is 1.06 bits per heavy atom. The predicted molar refractivity (Wildman–Crippen MR) is 63.6 cm³/mol. The van der Waals surface area contributed by atoms with Crippen molar-refractivity contribution in [1.29, 1.82) is 0 Å². The molecule has 1 aromatic carbocycles. The first-order valence-corrected chi connectivity index (χ1v) is 5.96. The average Bonchev–Trinajstić information content (AvgIpc) is 2.90. The van der Waals surface area contributed by atoms with Gasteiger partial charge in [0.2, 0.25) is 0 Å². The maximum atomic E-state index is 5.31. The Hall–Kier alpha value is -1.68. The van der Waals surface area contributed by atoms with Gasteiger partial charge >= 0.3 is 0 Å². The molecule has 17 heavy (non-hydrogen) atoms. The topological polar surface area (TPSA) is 53.0 Å². The molecule has 1 saturated heterocycles. The van der Waals surface area contributed by atoms with E-state index in [0.29, 0.717) is 11.8 Å². The zero-order chi connectivity index (χ0) is 11.5. The summed E-state index contributed by atoms with van der Waals surface area (Å²) in [4.78, 5) is 4.48. The smallest absolute Gasteiger partial charge is 0.257 e.